The number of ether oxygens (including phenoxy) is 2. The first-order valence-corrected chi connectivity index (χ1v) is 10.6. The second kappa shape index (κ2) is 13.0. The summed E-state index contributed by atoms with van der Waals surface area (Å²) in [5, 5.41) is 37.2. The average molecular weight is 506 g/mol. The minimum absolute atomic E-state index is 0.00618. The molecule has 1 aliphatic rings. The average Bonchev–Trinajstić information content (AvgIpc) is 2.85. The monoisotopic (exact) mass is 506 g/mol. The van der Waals surface area contributed by atoms with Crippen LogP contribution in [-0.4, -0.2) is 82.2 Å². The lowest BCUT2D eigenvalue weighted by molar-refractivity contribution is -0.385. The number of hydrogen-bond donors (Lipinski definition) is 2. The summed E-state index contributed by atoms with van der Waals surface area (Å²) in [6.45, 7) is 4.07. The molecule has 0 amide bonds. The summed E-state index contributed by atoms with van der Waals surface area (Å²) in [5.74, 6) is -2.86. The van der Waals surface area contributed by atoms with Crippen LogP contribution < -0.4 is 9.47 Å². The molecule has 1 fully saturated rings. The molecule has 1 aliphatic heterocycles. The molecule has 0 bridgehead atoms. The quantitative estimate of drug-likeness (QED) is 0.302. The van der Waals surface area contributed by atoms with Crippen molar-refractivity contribution < 1.29 is 39.1 Å². The van der Waals surface area contributed by atoms with Crippen molar-refractivity contribution in [2.45, 2.75) is 13.1 Å². The molecule has 3 rings (SSSR count). The van der Waals surface area contributed by atoms with E-state index in [1.165, 1.54) is 26.4 Å². The number of carbonyl (C=O) groups is 2. The molecule has 14 heteroatoms. The van der Waals surface area contributed by atoms with Crippen LogP contribution in [0.2, 0.25) is 0 Å². The fourth-order valence-corrected chi connectivity index (χ4v) is 3.58. The summed E-state index contributed by atoms with van der Waals surface area (Å²) in [4.78, 5) is 44.2. The second-order valence-corrected chi connectivity index (χ2v) is 7.68. The summed E-state index contributed by atoms with van der Waals surface area (Å²) in [7, 11) is 2.95. The number of carboxylic acids is 2. The van der Waals surface area contributed by atoms with E-state index in [9.17, 15) is 20.2 Å². The van der Waals surface area contributed by atoms with Crippen LogP contribution in [0.1, 0.15) is 11.1 Å². The zero-order chi connectivity index (χ0) is 26.8. The predicted molar refractivity (Wildman–Crippen MR) is 125 cm³/mol. The van der Waals surface area contributed by atoms with Crippen molar-refractivity contribution in [2.24, 2.45) is 0 Å². The van der Waals surface area contributed by atoms with Gasteiger partial charge in [-0.05, 0) is 11.6 Å². The Morgan fingerprint density at radius 1 is 0.861 bits per heavy atom. The van der Waals surface area contributed by atoms with Gasteiger partial charge in [-0.2, -0.15) is 0 Å². The minimum atomic E-state index is -1.82. The molecule has 36 heavy (non-hydrogen) atoms. The van der Waals surface area contributed by atoms with E-state index in [2.05, 4.69) is 9.80 Å². The lowest BCUT2D eigenvalue weighted by Crippen LogP contribution is -2.45. The molecule has 2 aromatic carbocycles. The van der Waals surface area contributed by atoms with Gasteiger partial charge in [0.15, 0.2) is 11.5 Å². The van der Waals surface area contributed by atoms with Crippen LogP contribution >= 0.6 is 0 Å². The molecule has 0 aliphatic carbocycles. The van der Waals surface area contributed by atoms with Gasteiger partial charge in [-0.3, -0.25) is 30.0 Å². The van der Waals surface area contributed by atoms with Gasteiger partial charge in [0, 0.05) is 57.0 Å². The molecule has 0 radical (unpaired) electrons. The van der Waals surface area contributed by atoms with Crippen molar-refractivity contribution in [3.05, 3.63) is 67.8 Å². The molecule has 1 saturated heterocycles. The molecule has 0 spiro atoms. The predicted octanol–water partition coefficient (Wildman–Crippen LogP) is 1.99. The van der Waals surface area contributed by atoms with Crippen molar-refractivity contribution in [1.82, 2.24) is 9.80 Å². The zero-order valence-corrected chi connectivity index (χ0v) is 19.7. The van der Waals surface area contributed by atoms with E-state index in [1.807, 2.05) is 6.07 Å². The number of nitro groups is 2. The number of piperazine rings is 1. The Hall–Kier alpha value is -4.30. The molecule has 0 atom stereocenters. The largest absolute Gasteiger partial charge is 0.493 e. The van der Waals surface area contributed by atoms with E-state index in [-0.39, 0.29) is 11.4 Å². The van der Waals surface area contributed by atoms with Crippen LogP contribution in [-0.2, 0) is 22.7 Å². The highest BCUT2D eigenvalue weighted by atomic mass is 16.6. The van der Waals surface area contributed by atoms with Crippen LogP contribution in [0.4, 0.5) is 11.4 Å². The Kier molecular flexibility index (Phi) is 10.1. The first-order valence-electron chi connectivity index (χ1n) is 10.6. The highest BCUT2D eigenvalue weighted by Gasteiger charge is 2.24. The van der Waals surface area contributed by atoms with Crippen molar-refractivity contribution in [3.8, 4) is 11.5 Å². The third kappa shape index (κ3) is 7.89. The number of carboxylic acid groups (broad SMARTS) is 2. The number of methoxy groups -OCH3 is 2. The minimum Gasteiger partial charge on any atom is -0.493 e. The first-order chi connectivity index (χ1) is 17.0. The van der Waals surface area contributed by atoms with E-state index in [0.29, 0.717) is 30.2 Å². The van der Waals surface area contributed by atoms with Crippen molar-refractivity contribution in [2.75, 3.05) is 40.4 Å². The van der Waals surface area contributed by atoms with Crippen molar-refractivity contribution in [3.63, 3.8) is 0 Å². The third-order valence-corrected chi connectivity index (χ3v) is 5.35. The van der Waals surface area contributed by atoms with Crippen molar-refractivity contribution in [1.29, 1.82) is 0 Å². The number of non-ortho nitro benzene ring substituents is 1. The molecule has 14 nitrogen and oxygen atoms in total. The number of rotatable bonds is 8. The Bertz CT molecular complexity index is 1100. The fraction of sp³-hybridized carbons (Fsp3) is 0.364. The number of aliphatic carboxylic acids is 2. The fourth-order valence-electron chi connectivity index (χ4n) is 3.58. The van der Waals surface area contributed by atoms with Crippen LogP contribution in [0.3, 0.4) is 0 Å². The van der Waals surface area contributed by atoms with Crippen LogP contribution in [0, 0.1) is 20.2 Å². The molecular formula is C22H26N4O10. The van der Waals surface area contributed by atoms with E-state index in [4.69, 9.17) is 29.3 Å². The van der Waals surface area contributed by atoms with E-state index in [1.54, 1.807) is 18.2 Å². The molecule has 194 valence electrons. The third-order valence-electron chi connectivity index (χ3n) is 5.35. The first kappa shape index (κ1) is 27.9. The summed E-state index contributed by atoms with van der Waals surface area (Å²) in [5.41, 5.74) is 1.57. The van der Waals surface area contributed by atoms with Gasteiger partial charge in [0.25, 0.3) is 11.4 Å². The maximum atomic E-state index is 11.5. The summed E-state index contributed by atoms with van der Waals surface area (Å²) < 4.78 is 10.5. The molecule has 2 aromatic rings. The molecule has 0 saturated carbocycles. The maximum absolute atomic E-state index is 11.5. The van der Waals surface area contributed by atoms with Gasteiger partial charge in [-0.25, -0.2) is 9.59 Å². The molecule has 0 aromatic heterocycles. The van der Waals surface area contributed by atoms with Crippen molar-refractivity contribution >= 4 is 23.3 Å². The zero-order valence-electron chi connectivity index (χ0n) is 19.7. The van der Waals surface area contributed by atoms with E-state index in [0.717, 1.165) is 31.7 Å². The van der Waals surface area contributed by atoms with Gasteiger partial charge in [-0.15, -0.1) is 0 Å². The van der Waals surface area contributed by atoms with Gasteiger partial charge >= 0.3 is 11.9 Å². The summed E-state index contributed by atoms with van der Waals surface area (Å²) >= 11 is 0. The smallest absolute Gasteiger partial charge is 0.414 e. The molecular weight excluding hydrogens is 480 g/mol. The highest BCUT2D eigenvalue weighted by molar-refractivity contribution is 6.27. The number of nitrogens with zero attached hydrogens (tertiary/aromatic N) is 4. The lowest BCUT2D eigenvalue weighted by Gasteiger charge is -2.34. The normalized spacial score (nSPS) is 13.7. The summed E-state index contributed by atoms with van der Waals surface area (Å²) in [6, 6.07) is 9.71. The van der Waals surface area contributed by atoms with E-state index < -0.39 is 21.8 Å². The van der Waals surface area contributed by atoms with Crippen LogP contribution in [0.5, 0.6) is 11.5 Å². The maximum Gasteiger partial charge on any atom is 0.414 e. The van der Waals surface area contributed by atoms with E-state index >= 15 is 0 Å². The Labute approximate surface area is 205 Å². The Balaban J connectivity index is 0.000000678. The van der Waals surface area contributed by atoms with Gasteiger partial charge in [0.05, 0.1) is 30.1 Å². The highest BCUT2D eigenvalue weighted by Crippen LogP contribution is 2.35. The van der Waals surface area contributed by atoms with Gasteiger partial charge in [0.1, 0.15) is 0 Å². The SMILES string of the molecule is COc1cc(CN2CCN(Cc3cccc([N+](=O)[O-])c3)CC2)c([N+](=O)[O-])cc1OC.O=C(O)C(=O)O. The van der Waals surface area contributed by atoms with Gasteiger partial charge < -0.3 is 19.7 Å². The standard InChI is InChI=1S/C20H24N4O6.C2H2O4/c1-29-19-11-16(18(24(27)28)12-20(19)30-2)14-22-8-6-21(7-9-22)13-15-4-3-5-17(10-15)23(25)26;3-1(4)2(5)6/h3-5,10-12H,6-9,13-14H2,1-2H3;(H,3,4)(H,5,6). The summed E-state index contributed by atoms with van der Waals surface area (Å²) in [6.07, 6.45) is 0. The number of nitro benzene ring substituents is 2. The van der Waals surface area contributed by atoms with Gasteiger partial charge in [0.2, 0.25) is 0 Å². The molecule has 1 heterocycles. The second-order valence-electron chi connectivity index (χ2n) is 7.68. The molecule has 2 N–H and O–H groups in total. The number of hydrogen-bond acceptors (Lipinski definition) is 10. The van der Waals surface area contributed by atoms with Crippen LogP contribution in [0.15, 0.2) is 36.4 Å². The Morgan fingerprint density at radius 2 is 1.39 bits per heavy atom. The number of benzene rings is 2. The van der Waals surface area contributed by atoms with Crippen LogP contribution in [0.25, 0.3) is 0 Å². The lowest BCUT2D eigenvalue weighted by atomic mass is 10.1. The Morgan fingerprint density at radius 3 is 1.86 bits per heavy atom. The molecule has 0 unspecified atom stereocenters. The topological polar surface area (TPSA) is 186 Å². The van der Waals surface area contributed by atoms with Gasteiger partial charge in [-0.1, -0.05) is 12.1 Å².